The monoisotopic (exact) mass is 1330 g/mol. The van der Waals surface area contributed by atoms with E-state index in [9.17, 15) is 13.6 Å². The Labute approximate surface area is 582 Å². The van der Waals surface area contributed by atoms with Crippen LogP contribution in [-0.4, -0.2) is 51.7 Å². The van der Waals surface area contributed by atoms with Crippen LogP contribution in [-0.2, 0) is 38.3 Å². The Morgan fingerprint density at radius 2 is 1.11 bits per heavy atom. The van der Waals surface area contributed by atoms with E-state index in [4.69, 9.17) is 35.3 Å². The van der Waals surface area contributed by atoms with Crippen LogP contribution in [0, 0.1) is 59.0 Å². The van der Waals surface area contributed by atoms with Gasteiger partial charge >= 0.3 is 5.97 Å². The molecule has 5 aliphatic carbocycles. The molecule has 0 atom stereocenters. The molecule has 6 nitrogen and oxygen atoms in total. The van der Waals surface area contributed by atoms with Gasteiger partial charge in [0.2, 0.25) is 0 Å². The highest BCUT2D eigenvalue weighted by Crippen LogP contribution is 2.39. The number of hydrogen-bond acceptors (Lipinski definition) is 6. The summed E-state index contributed by atoms with van der Waals surface area (Å²) < 4.78 is 57.4. The third-order valence-electron chi connectivity index (χ3n) is 22.2. The van der Waals surface area contributed by atoms with Gasteiger partial charge in [-0.1, -0.05) is 166 Å². The van der Waals surface area contributed by atoms with Gasteiger partial charge in [-0.15, -0.1) is 0 Å². The molecule has 4 aromatic carbocycles. The summed E-state index contributed by atoms with van der Waals surface area (Å²) in [5.74, 6) is 7.79. The molecular formula is C86H129ClF2O6. The molecule has 95 heavy (non-hydrogen) atoms. The second kappa shape index (κ2) is 45.4. The van der Waals surface area contributed by atoms with Gasteiger partial charge in [0.1, 0.15) is 29.7 Å². The number of hydrogen-bond donors (Lipinski definition) is 0. The highest BCUT2D eigenvalue weighted by molar-refractivity contribution is 6.31. The predicted molar refractivity (Wildman–Crippen MR) is 394 cm³/mol. The molecular weight excluding hydrogens is 1200 g/mol. The number of carbonyl (C=O) groups is 1. The number of carbonyl (C=O) groups excluding carboxylic acids is 1. The summed E-state index contributed by atoms with van der Waals surface area (Å²) >= 11 is 6.54. The van der Waals surface area contributed by atoms with Crippen LogP contribution < -0.4 is 9.47 Å². The topological polar surface area (TPSA) is 63.2 Å². The van der Waals surface area contributed by atoms with Crippen molar-refractivity contribution in [3.05, 3.63) is 130 Å². The SMILES string of the molecule is CCCCC(=O)OCC1CCC(COc2ccc(-c3cc(F)c(CC)cc3F)cc2)CC1.CCCCCCCc1ccc(C2CCC(COC3CCC(C)CC3)CC2)cc1.CCCCOCCOc1ccc(CCCCC2CCC(C=CC3CCC(CC)CC3)CC2)c(Cl)c1. The molecule has 0 radical (unpaired) electrons. The van der Waals surface area contributed by atoms with Crippen molar-refractivity contribution in [3.63, 3.8) is 0 Å². The molecule has 5 saturated carbocycles. The molecule has 0 spiro atoms. The summed E-state index contributed by atoms with van der Waals surface area (Å²) in [4.78, 5) is 11.7. The average Bonchev–Trinajstić information content (AvgIpc) is 1.13. The van der Waals surface area contributed by atoms with Gasteiger partial charge in [-0.3, -0.25) is 4.79 Å². The molecule has 9 heteroatoms. The minimum atomic E-state index is -0.412. The number of halogens is 3. The van der Waals surface area contributed by atoms with Gasteiger partial charge in [0.25, 0.3) is 0 Å². The number of ether oxygens (including phenoxy) is 5. The molecule has 0 aliphatic heterocycles. The van der Waals surface area contributed by atoms with Crippen molar-refractivity contribution in [3.8, 4) is 22.6 Å². The van der Waals surface area contributed by atoms with E-state index in [1.807, 2.05) is 18.2 Å². The Hall–Kier alpha value is -4.24. The van der Waals surface area contributed by atoms with Crippen LogP contribution in [0.4, 0.5) is 8.78 Å². The first-order valence-corrected chi connectivity index (χ1v) is 39.5. The maximum Gasteiger partial charge on any atom is 0.305 e. The summed E-state index contributed by atoms with van der Waals surface area (Å²) in [6, 6.07) is 25.5. The Morgan fingerprint density at radius 1 is 0.505 bits per heavy atom. The second-order valence-corrected chi connectivity index (χ2v) is 30.2. The largest absolute Gasteiger partial charge is 0.493 e. The summed E-state index contributed by atoms with van der Waals surface area (Å²) in [5, 5.41) is 0.838. The maximum atomic E-state index is 14.4. The lowest BCUT2D eigenvalue weighted by Gasteiger charge is -2.31. The first-order valence-electron chi connectivity index (χ1n) is 39.2. The van der Waals surface area contributed by atoms with Gasteiger partial charge in [0, 0.05) is 30.2 Å². The zero-order valence-electron chi connectivity index (χ0n) is 60.4. The minimum absolute atomic E-state index is 0.0790. The highest BCUT2D eigenvalue weighted by Gasteiger charge is 2.27. The molecule has 9 rings (SSSR count). The molecule has 530 valence electrons. The van der Waals surface area contributed by atoms with E-state index in [1.165, 1.54) is 190 Å². The fraction of sp³-hybridized carbons (Fsp3) is 0.686. The quantitative estimate of drug-likeness (QED) is 0.0260. The number of unbranched alkanes of at least 4 members (excludes halogenated alkanes) is 7. The van der Waals surface area contributed by atoms with Crippen LogP contribution in [0.1, 0.15) is 288 Å². The first kappa shape index (κ1) is 78.1. The number of rotatable bonds is 35. The van der Waals surface area contributed by atoms with Crippen molar-refractivity contribution in [1.29, 1.82) is 0 Å². The van der Waals surface area contributed by atoms with Gasteiger partial charge in [0.15, 0.2) is 0 Å². The lowest BCUT2D eigenvalue weighted by molar-refractivity contribution is -0.145. The van der Waals surface area contributed by atoms with Crippen LogP contribution in [0.2, 0.25) is 5.02 Å². The molecule has 0 unspecified atom stereocenters. The molecule has 0 amide bonds. The number of benzene rings is 4. The molecule has 0 bridgehead atoms. The molecule has 4 aromatic rings. The van der Waals surface area contributed by atoms with Crippen LogP contribution in [0.25, 0.3) is 11.1 Å². The molecule has 0 saturated heterocycles. The van der Waals surface area contributed by atoms with E-state index < -0.39 is 5.82 Å². The fourth-order valence-corrected chi connectivity index (χ4v) is 15.6. The second-order valence-electron chi connectivity index (χ2n) is 29.8. The van der Waals surface area contributed by atoms with Gasteiger partial charge in [-0.2, -0.15) is 0 Å². The fourth-order valence-electron chi connectivity index (χ4n) is 15.3. The van der Waals surface area contributed by atoms with E-state index >= 15 is 0 Å². The summed E-state index contributed by atoms with van der Waals surface area (Å²) in [5.41, 5.74) is 5.64. The van der Waals surface area contributed by atoms with Crippen molar-refractivity contribution < 1.29 is 37.3 Å². The normalized spacial score (nSPS) is 23.8. The van der Waals surface area contributed by atoms with E-state index in [0.29, 0.717) is 68.3 Å². The van der Waals surface area contributed by atoms with Crippen LogP contribution in [0.15, 0.2) is 91.0 Å². The molecule has 0 aromatic heterocycles. The Bertz CT molecular complexity index is 2690. The predicted octanol–water partition coefficient (Wildman–Crippen LogP) is 25.0. The molecule has 0 heterocycles. The van der Waals surface area contributed by atoms with Crippen LogP contribution in [0.3, 0.4) is 0 Å². The lowest BCUT2D eigenvalue weighted by atomic mass is 9.77. The summed E-state index contributed by atoms with van der Waals surface area (Å²) in [7, 11) is 0. The van der Waals surface area contributed by atoms with Crippen molar-refractivity contribution in [2.45, 2.75) is 291 Å². The molecule has 5 aliphatic rings. The van der Waals surface area contributed by atoms with E-state index in [2.05, 4.69) is 83.2 Å². The Balaban J connectivity index is 0.000000203. The summed E-state index contributed by atoms with van der Waals surface area (Å²) in [6.07, 6.45) is 51.8. The van der Waals surface area contributed by atoms with Crippen LogP contribution >= 0.6 is 11.6 Å². The third-order valence-corrected chi connectivity index (χ3v) is 22.6. The number of allylic oxidation sites excluding steroid dienone is 2. The zero-order chi connectivity index (χ0) is 67.2. The molecule has 5 fully saturated rings. The van der Waals surface area contributed by atoms with Crippen molar-refractivity contribution in [2.75, 3.05) is 39.6 Å². The average molecular weight is 1330 g/mol. The van der Waals surface area contributed by atoms with Crippen LogP contribution in [0.5, 0.6) is 11.5 Å². The molecule has 0 N–H and O–H groups in total. The van der Waals surface area contributed by atoms with Crippen molar-refractivity contribution >= 4 is 17.6 Å². The van der Waals surface area contributed by atoms with E-state index in [0.717, 1.165) is 129 Å². The first-order chi connectivity index (χ1) is 46.4. The number of esters is 1. The third kappa shape index (κ3) is 29.6. The maximum absolute atomic E-state index is 14.4. The van der Waals surface area contributed by atoms with Gasteiger partial charge in [-0.25, -0.2) is 8.78 Å². The Morgan fingerprint density at radius 3 is 1.75 bits per heavy atom. The smallest absolute Gasteiger partial charge is 0.305 e. The van der Waals surface area contributed by atoms with Gasteiger partial charge in [-0.05, 0) is 291 Å². The van der Waals surface area contributed by atoms with Crippen molar-refractivity contribution in [1.82, 2.24) is 0 Å². The Kier molecular flexibility index (Phi) is 37.4. The lowest BCUT2D eigenvalue weighted by Crippen LogP contribution is -2.25. The highest BCUT2D eigenvalue weighted by atomic mass is 35.5. The standard InChI is InChI=1S/C32H51ClO2.C27H34F2O3.C27H44O/c1-3-5-22-34-23-24-35-31-21-20-30(32(33)25-31)9-7-6-8-27-14-16-29(17-15-27)19-18-28-12-10-26(4-2)11-13-28;1-3-5-6-27(30)32-18-20-9-7-19(8-10-20)17-31-23-13-11-22(12-14-23)24-16-25(28)21(4-2)15-26(24)29;1-3-4-5-6-7-8-23-11-15-25(16-12-23)26-17-13-24(14-18-26)21-28-27-19-9-22(2)10-20-27/h18-21,25-29H,3-17,22-24H2,1-2H3;11-16,19-20H,3-10,17-18H2,1-2H3;11-12,15-16,22,24,26-27H,3-10,13-14,17-21H2,1-2H3. The van der Waals surface area contributed by atoms with Gasteiger partial charge in [0.05, 0.1) is 25.9 Å². The van der Waals surface area contributed by atoms with Crippen molar-refractivity contribution in [2.24, 2.45) is 47.3 Å². The zero-order valence-corrected chi connectivity index (χ0v) is 61.2. The van der Waals surface area contributed by atoms with E-state index in [-0.39, 0.29) is 17.3 Å². The summed E-state index contributed by atoms with van der Waals surface area (Å²) in [6.45, 7) is 17.3. The number of aryl methyl sites for hydroxylation is 3. The van der Waals surface area contributed by atoms with E-state index in [1.54, 1.807) is 24.6 Å². The minimum Gasteiger partial charge on any atom is -0.493 e. The van der Waals surface area contributed by atoms with Gasteiger partial charge < -0.3 is 23.7 Å².